The van der Waals surface area contributed by atoms with Crippen LogP contribution in [0.5, 0.6) is 0 Å². The average Bonchev–Trinajstić information content (AvgIpc) is 3.34. The molecule has 0 aromatic heterocycles. The van der Waals surface area contributed by atoms with Crippen LogP contribution in [0.2, 0.25) is 0 Å². The molecule has 3 rings (SSSR count). The van der Waals surface area contributed by atoms with E-state index in [9.17, 15) is 27.9 Å². The highest BCUT2D eigenvalue weighted by Gasteiger charge is 2.50. The van der Waals surface area contributed by atoms with E-state index in [0.717, 1.165) is 18.9 Å². The number of amides is 1. The Morgan fingerprint density at radius 3 is 2.54 bits per heavy atom. The molecule has 1 aromatic rings. The van der Waals surface area contributed by atoms with Gasteiger partial charge in [0.2, 0.25) is 5.91 Å². The lowest BCUT2D eigenvalue weighted by atomic mass is 9.99. The zero-order valence-electron chi connectivity index (χ0n) is 12.9. The number of carbonyl (C=O) groups is 2. The highest BCUT2D eigenvalue weighted by molar-refractivity contribution is 5.88. The van der Waals surface area contributed by atoms with Crippen molar-refractivity contribution in [2.75, 3.05) is 6.54 Å². The Hall–Kier alpha value is -2.05. The van der Waals surface area contributed by atoms with Crippen LogP contribution in [0, 0.1) is 5.92 Å². The zero-order chi connectivity index (χ0) is 17.5. The van der Waals surface area contributed by atoms with Gasteiger partial charge in [0.15, 0.2) is 0 Å². The number of likely N-dealkylation sites (tertiary alicyclic amines) is 1. The summed E-state index contributed by atoms with van der Waals surface area (Å²) < 4.78 is 39.3. The van der Waals surface area contributed by atoms with Crippen LogP contribution in [0.3, 0.4) is 0 Å². The van der Waals surface area contributed by atoms with E-state index in [1.54, 1.807) is 0 Å². The summed E-state index contributed by atoms with van der Waals surface area (Å²) in [4.78, 5) is 25.2. The number of hydrogen-bond acceptors (Lipinski definition) is 2. The van der Waals surface area contributed by atoms with Crippen LogP contribution in [0.25, 0.3) is 0 Å². The Balaban J connectivity index is 1.78. The van der Waals surface area contributed by atoms with Crippen molar-refractivity contribution in [2.24, 2.45) is 5.92 Å². The highest BCUT2D eigenvalue weighted by atomic mass is 19.4. The molecule has 0 radical (unpaired) electrons. The molecule has 1 saturated carbocycles. The lowest BCUT2D eigenvalue weighted by molar-refractivity contribution is -0.152. The molecule has 3 atom stereocenters. The summed E-state index contributed by atoms with van der Waals surface area (Å²) in [5.74, 6) is -2.40. The summed E-state index contributed by atoms with van der Waals surface area (Å²) in [6.07, 6.45) is -2.24. The van der Waals surface area contributed by atoms with Gasteiger partial charge in [0.25, 0.3) is 0 Å². The van der Waals surface area contributed by atoms with Gasteiger partial charge in [-0.15, -0.1) is 0 Å². The van der Waals surface area contributed by atoms with Crippen molar-refractivity contribution in [3.05, 3.63) is 35.4 Å². The van der Waals surface area contributed by atoms with Gasteiger partial charge in [0, 0.05) is 12.5 Å². The van der Waals surface area contributed by atoms with Gasteiger partial charge in [-0.2, -0.15) is 13.2 Å². The lowest BCUT2D eigenvalue weighted by Gasteiger charge is -2.33. The van der Waals surface area contributed by atoms with Crippen LogP contribution in [0.4, 0.5) is 13.2 Å². The van der Waals surface area contributed by atoms with Crippen molar-refractivity contribution >= 4 is 11.9 Å². The first kappa shape index (κ1) is 16.8. The fourth-order valence-electron chi connectivity index (χ4n) is 3.56. The monoisotopic (exact) mass is 341 g/mol. The minimum atomic E-state index is -4.46. The molecule has 0 bridgehead atoms. The second-order valence-electron chi connectivity index (χ2n) is 6.42. The highest BCUT2D eigenvalue weighted by Crippen LogP contribution is 2.52. The fourth-order valence-corrected chi connectivity index (χ4v) is 3.56. The SMILES string of the molecule is O=C(O)C1CCCCN1C(=O)C1CC1c1ccccc1C(F)(F)F. The molecule has 2 aliphatic rings. The van der Waals surface area contributed by atoms with Gasteiger partial charge in [-0.1, -0.05) is 18.2 Å². The number of nitrogens with zero attached hydrogens (tertiary/aromatic N) is 1. The maximum atomic E-state index is 13.1. The molecule has 1 saturated heterocycles. The van der Waals surface area contributed by atoms with Gasteiger partial charge in [-0.3, -0.25) is 4.79 Å². The molecule has 2 fully saturated rings. The van der Waals surface area contributed by atoms with Crippen LogP contribution in [-0.2, 0) is 15.8 Å². The van der Waals surface area contributed by atoms with Crippen LogP contribution >= 0.6 is 0 Å². The summed E-state index contributed by atoms with van der Waals surface area (Å²) in [5, 5.41) is 9.25. The third-order valence-corrected chi connectivity index (χ3v) is 4.84. The molecule has 7 heteroatoms. The second kappa shape index (κ2) is 6.11. The van der Waals surface area contributed by atoms with Crippen LogP contribution < -0.4 is 0 Å². The largest absolute Gasteiger partial charge is 0.480 e. The molecule has 1 amide bonds. The van der Waals surface area contributed by atoms with Gasteiger partial charge in [-0.05, 0) is 43.2 Å². The van der Waals surface area contributed by atoms with Crippen molar-refractivity contribution in [1.29, 1.82) is 0 Å². The van der Waals surface area contributed by atoms with E-state index < -0.39 is 35.6 Å². The van der Waals surface area contributed by atoms with Gasteiger partial charge < -0.3 is 10.0 Å². The summed E-state index contributed by atoms with van der Waals surface area (Å²) in [7, 11) is 0. The Morgan fingerprint density at radius 1 is 1.17 bits per heavy atom. The fraction of sp³-hybridized carbons (Fsp3) is 0.529. The number of benzene rings is 1. The quantitative estimate of drug-likeness (QED) is 0.918. The number of carbonyl (C=O) groups excluding carboxylic acids is 1. The first-order chi connectivity index (χ1) is 11.3. The van der Waals surface area contributed by atoms with E-state index in [1.807, 2.05) is 0 Å². The number of rotatable bonds is 3. The topological polar surface area (TPSA) is 57.6 Å². The van der Waals surface area contributed by atoms with E-state index in [-0.39, 0.29) is 11.5 Å². The third kappa shape index (κ3) is 3.12. The molecule has 1 heterocycles. The minimum Gasteiger partial charge on any atom is -0.480 e. The Labute approximate surface area is 137 Å². The number of halogens is 3. The van der Waals surface area contributed by atoms with E-state index >= 15 is 0 Å². The number of carboxylic acid groups (broad SMARTS) is 1. The van der Waals surface area contributed by atoms with Crippen molar-refractivity contribution in [3.63, 3.8) is 0 Å². The molecule has 1 aliphatic carbocycles. The summed E-state index contributed by atoms with van der Waals surface area (Å²) in [6, 6.07) is 4.44. The number of carboxylic acids is 1. The van der Waals surface area contributed by atoms with Gasteiger partial charge in [0.1, 0.15) is 6.04 Å². The van der Waals surface area contributed by atoms with Gasteiger partial charge >= 0.3 is 12.1 Å². The smallest absolute Gasteiger partial charge is 0.416 e. The summed E-state index contributed by atoms with van der Waals surface area (Å²) in [6.45, 7) is 0.361. The molecular formula is C17H18F3NO3. The van der Waals surface area contributed by atoms with Crippen LogP contribution in [-0.4, -0.2) is 34.5 Å². The average molecular weight is 341 g/mol. The lowest BCUT2D eigenvalue weighted by Crippen LogP contribution is -2.48. The zero-order valence-corrected chi connectivity index (χ0v) is 12.9. The van der Waals surface area contributed by atoms with Crippen molar-refractivity contribution in [1.82, 2.24) is 4.90 Å². The maximum Gasteiger partial charge on any atom is 0.416 e. The summed E-state index contributed by atoms with van der Waals surface area (Å²) in [5.41, 5.74) is -0.578. The molecule has 0 spiro atoms. The number of aliphatic carboxylic acids is 1. The van der Waals surface area contributed by atoms with E-state index in [0.29, 0.717) is 19.4 Å². The number of alkyl halides is 3. The Bertz CT molecular complexity index is 659. The molecule has 4 nitrogen and oxygen atoms in total. The first-order valence-corrected chi connectivity index (χ1v) is 8.00. The summed E-state index contributed by atoms with van der Waals surface area (Å²) >= 11 is 0. The number of piperidine rings is 1. The predicted molar refractivity (Wildman–Crippen MR) is 79.3 cm³/mol. The van der Waals surface area contributed by atoms with E-state index in [4.69, 9.17) is 0 Å². The molecule has 24 heavy (non-hydrogen) atoms. The Kier molecular flexibility index (Phi) is 4.27. The van der Waals surface area contributed by atoms with Crippen molar-refractivity contribution in [2.45, 2.75) is 43.8 Å². The van der Waals surface area contributed by atoms with Crippen molar-refractivity contribution < 1.29 is 27.9 Å². The van der Waals surface area contributed by atoms with Gasteiger partial charge in [-0.25, -0.2) is 4.79 Å². The third-order valence-electron chi connectivity index (χ3n) is 4.84. The molecular weight excluding hydrogens is 323 g/mol. The molecule has 1 aliphatic heterocycles. The van der Waals surface area contributed by atoms with Gasteiger partial charge in [0.05, 0.1) is 5.56 Å². The number of hydrogen-bond donors (Lipinski definition) is 1. The minimum absolute atomic E-state index is 0.132. The van der Waals surface area contributed by atoms with E-state index in [1.165, 1.54) is 23.1 Å². The Morgan fingerprint density at radius 2 is 1.88 bits per heavy atom. The molecule has 1 aromatic carbocycles. The van der Waals surface area contributed by atoms with Crippen LogP contribution in [0.1, 0.15) is 42.7 Å². The maximum absolute atomic E-state index is 13.1. The van der Waals surface area contributed by atoms with E-state index in [2.05, 4.69) is 0 Å². The normalized spacial score (nSPS) is 27.0. The first-order valence-electron chi connectivity index (χ1n) is 8.00. The van der Waals surface area contributed by atoms with Crippen molar-refractivity contribution in [3.8, 4) is 0 Å². The second-order valence-corrected chi connectivity index (χ2v) is 6.42. The predicted octanol–water partition coefficient (Wildman–Crippen LogP) is 3.27. The molecule has 130 valence electrons. The van der Waals surface area contributed by atoms with Crippen LogP contribution in [0.15, 0.2) is 24.3 Å². The standard InChI is InChI=1S/C17H18F3NO3/c18-17(19,20)13-6-2-1-5-10(13)11-9-12(11)15(22)21-8-4-3-7-14(21)16(23)24/h1-2,5-6,11-12,14H,3-4,7-9H2,(H,23,24). The molecule has 1 N–H and O–H groups in total. The molecule has 3 unspecified atom stereocenters.